The van der Waals surface area contributed by atoms with Crippen molar-refractivity contribution >= 4 is 34.7 Å². The molecule has 1 unspecified atom stereocenters. The monoisotopic (exact) mass is 694 g/mol. The molecular formula is C35H41F3N8O4. The van der Waals surface area contributed by atoms with Gasteiger partial charge in [-0.15, -0.1) is 0 Å². The van der Waals surface area contributed by atoms with Crippen molar-refractivity contribution in [2.45, 2.75) is 82.8 Å². The van der Waals surface area contributed by atoms with Crippen LogP contribution in [0.4, 0.5) is 24.8 Å². The van der Waals surface area contributed by atoms with Gasteiger partial charge >= 0.3 is 12.1 Å². The Morgan fingerprint density at radius 1 is 1.16 bits per heavy atom. The van der Waals surface area contributed by atoms with Crippen LogP contribution in [-0.2, 0) is 28.7 Å². The minimum Gasteiger partial charge on any atom is -0.481 e. The summed E-state index contributed by atoms with van der Waals surface area (Å²) in [6.45, 7) is 1.81. The number of aromatic amines is 1. The number of ether oxygens (including phenoxy) is 1. The summed E-state index contributed by atoms with van der Waals surface area (Å²) >= 11 is 0. The number of H-pyrrole nitrogens is 1. The van der Waals surface area contributed by atoms with Gasteiger partial charge in [-0.05, 0) is 56.6 Å². The number of carboxylic acid groups (broad SMARTS) is 1. The number of carbonyl (C=O) groups excluding carboxylic acids is 1. The molecule has 0 spiro atoms. The lowest BCUT2D eigenvalue weighted by Crippen LogP contribution is -2.37. The van der Waals surface area contributed by atoms with E-state index in [1.54, 1.807) is 19.4 Å². The van der Waals surface area contributed by atoms with E-state index >= 15 is 0 Å². The van der Waals surface area contributed by atoms with Gasteiger partial charge in [0.25, 0.3) is 5.91 Å². The molecule has 12 nitrogen and oxygen atoms in total. The number of alkyl halides is 3. The van der Waals surface area contributed by atoms with Crippen molar-refractivity contribution in [2.24, 2.45) is 11.3 Å². The standard InChI is InChI=1S/C35H41F3N8O4/c1-45(18-34(19-50-2)11-3-4-12-34)26-14-24(22-13-23(35(36,37)38)29(39-15-22)21-7-8-21)41-31-30(26)42-33(43-31)44-32(49)25-17-46-16-20(6-10-28(47)48)5-9-27(46)40-25/h13-15,17,20-21H,3-12,16,18-19H2,1-2H3,(H,47,48)(H2,41,42,43,44,49). The molecule has 4 aromatic heterocycles. The van der Waals surface area contributed by atoms with E-state index in [2.05, 4.69) is 35.1 Å². The predicted molar refractivity (Wildman–Crippen MR) is 179 cm³/mol. The Hall–Kier alpha value is -4.53. The highest BCUT2D eigenvalue weighted by Gasteiger charge is 2.40. The summed E-state index contributed by atoms with van der Waals surface area (Å²) in [5.74, 6) is -0.418. The van der Waals surface area contributed by atoms with Crippen LogP contribution < -0.4 is 10.2 Å². The predicted octanol–water partition coefficient (Wildman–Crippen LogP) is 6.44. The Labute approximate surface area is 286 Å². The van der Waals surface area contributed by atoms with E-state index in [4.69, 9.17) is 9.84 Å². The molecule has 5 heterocycles. The number of anilines is 2. The number of aliphatic carboxylic acids is 1. The van der Waals surface area contributed by atoms with E-state index in [1.165, 1.54) is 6.20 Å². The first-order valence-corrected chi connectivity index (χ1v) is 17.2. The minimum atomic E-state index is -4.56. The summed E-state index contributed by atoms with van der Waals surface area (Å²) in [6.07, 6.45) is 6.20. The van der Waals surface area contributed by atoms with Gasteiger partial charge in [0.2, 0.25) is 5.95 Å². The molecule has 7 rings (SSSR count). The van der Waals surface area contributed by atoms with Crippen LogP contribution in [0.2, 0.25) is 0 Å². The summed E-state index contributed by atoms with van der Waals surface area (Å²) in [4.78, 5) is 47.7. The minimum absolute atomic E-state index is 0.0731. The molecule has 50 heavy (non-hydrogen) atoms. The van der Waals surface area contributed by atoms with E-state index in [9.17, 15) is 22.8 Å². The molecule has 266 valence electrons. The molecule has 0 saturated heterocycles. The van der Waals surface area contributed by atoms with E-state index in [0.717, 1.165) is 44.0 Å². The van der Waals surface area contributed by atoms with Gasteiger partial charge in [-0.3, -0.25) is 19.9 Å². The number of carbonyl (C=O) groups is 2. The van der Waals surface area contributed by atoms with Crippen LogP contribution in [-0.4, -0.2) is 73.8 Å². The third-order valence-corrected chi connectivity index (χ3v) is 10.3. The number of pyridine rings is 2. The average molecular weight is 695 g/mol. The molecule has 4 aromatic rings. The Kier molecular flexibility index (Phi) is 9.03. The fourth-order valence-corrected chi connectivity index (χ4v) is 7.73. The highest BCUT2D eigenvalue weighted by molar-refractivity contribution is 6.03. The number of amides is 1. The van der Waals surface area contributed by atoms with Gasteiger partial charge in [0, 0.05) is 69.4 Å². The van der Waals surface area contributed by atoms with Crippen LogP contribution in [0.3, 0.4) is 0 Å². The second-order valence-corrected chi connectivity index (χ2v) is 14.2. The maximum atomic E-state index is 14.2. The van der Waals surface area contributed by atoms with Crippen molar-refractivity contribution in [2.75, 3.05) is 37.5 Å². The zero-order valence-electron chi connectivity index (χ0n) is 28.1. The molecule has 15 heteroatoms. The largest absolute Gasteiger partial charge is 0.481 e. The molecule has 1 atom stereocenters. The van der Waals surface area contributed by atoms with E-state index in [0.29, 0.717) is 56.6 Å². The summed E-state index contributed by atoms with van der Waals surface area (Å²) in [5.41, 5.74) is 1.40. The summed E-state index contributed by atoms with van der Waals surface area (Å²) in [7, 11) is 3.62. The molecule has 2 saturated carbocycles. The number of nitrogens with zero attached hydrogens (tertiary/aromatic N) is 6. The molecule has 0 radical (unpaired) electrons. The maximum absolute atomic E-state index is 14.2. The van der Waals surface area contributed by atoms with Crippen LogP contribution >= 0.6 is 0 Å². The SMILES string of the molecule is COCC1(CN(C)c2cc(-c3cnc(C4CC4)c(C(F)(F)F)c3)nc3nc(NC(=O)c4cn5c(n4)CCC(CCC(=O)O)C5)[nH]c23)CCCC1. The molecule has 0 aromatic carbocycles. The highest BCUT2D eigenvalue weighted by Crippen LogP contribution is 2.46. The van der Waals surface area contributed by atoms with Gasteiger partial charge in [0.1, 0.15) is 17.0 Å². The zero-order valence-corrected chi connectivity index (χ0v) is 28.1. The van der Waals surface area contributed by atoms with Gasteiger partial charge in [-0.25, -0.2) is 9.97 Å². The van der Waals surface area contributed by atoms with Gasteiger partial charge in [0.15, 0.2) is 5.65 Å². The first kappa shape index (κ1) is 33.9. The number of halogens is 3. The number of fused-ring (bicyclic) bond motifs is 2. The summed E-state index contributed by atoms with van der Waals surface area (Å²) in [5, 5.41) is 11.9. The maximum Gasteiger partial charge on any atom is 0.418 e. The molecule has 1 amide bonds. The Morgan fingerprint density at radius 2 is 1.94 bits per heavy atom. The topological polar surface area (TPSA) is 151 Å². The van der Waals surface area contributed by atoms with Crippen molar-refractivity contribution < 1.29 is 32.6 Å². The van der Waals surface area contributed by atoms with Gasteiger partial charge < -0.3 is 24.3 Å². The van der Waals surface area contributed by atoms with Crippen molar-refractivity contribution in [1.82, 2.24) is 29.5 Å². The lowest BCUT2D eigenvalue weighted by molar-refractivity contribution is -0.139. The highest BCUT2D eigenvalue weighted by atomic mass is 19.4. The van der Waals surface area contributed by atoms with Crippen LogP contribution in [0.25, 0.3) is 22.4 Å². The summed E-state index contributed by atoms with van der Waals surface area (Å²) < 4.78 is 50.1. The molecule has 2 fully saturated rings. The van der Waals surface area contributed by atoms with Crippen molar-refractivity contribution in [1.29, 1.82) is 0 Å². The number of rotatable bonds is 12. The summed E-state index contributed by atoms with van der Waals surface area (Å²) in [6, 6.07) is 2.88. The first-order chi connectivity index (χ1) is 23.9. The fraction of sp³-hybridized carbons (Fsp3) is 0.543. The second kappa shape index (κ2) is 13.3. The lowest BCUT2D eigenvalue weighted by Gasteiger charge is -2.34. The number of nitrogens with one attached hydrogen (secondary N) is 2. The third-order valence-electron chi connectivity index (χ3n) is 10.3. The van der Waals surface area contributed by atoms with Crippen LogP contribution in [0.5, 0.6) is 0 Å². The van der Waals surface area contributed by atoms with Crippen molar-refractivity contribution in [3.05, 3.63) is 47.3 Å². The van der Waals surface area contributed by atoms with Crippen LogP contribution in [0, 0.1) is 11.3 Å². The smallest absolute Gasteiger partial charge is 0.418 e. The number of imidazole rings is 2. The third kappa shape index (κ3) is 7.05. The fourth-order valence-electron chi connectivity index (χ4n) is 7.73. The number of methoxy groups -OCH3 is 1. The van der Waals surface area contributed by atoms with Crippen LogP contribution in [0.1, 0.15) is 91.3 Å². The average Bonchev–Trinajstić information content (AvgIpc) is 3.45. The number of hydrogen-bond donors (Lipinski definition) is 3. The molecular weight excluding hydrogens is 653 g/mol. The molecule has 2 aliphatic carbocycles. The zero-order chi connectivity index (χ0) is 35.2. The number of hydrogen-bond acceptors (Lipinski definition) is 8. The van der Waals surface area contributed by atoms with E-state index in [1.807, 2.05) is 11.6 Å². The van der Waals surface area contributed by atoms with E-state index in [-0.39, 0.29) is 57.9 Å². The van der Waals surface area contributed by atoms with Gasteiger partial charge in [-0.1, -0.05) is 12.8 Å². The lowest BCUT2D eigenvalue weighted by atomic mass is 9.86. The van der Waals surface area contributed by atoms with Crippen molar-refractivity contribution in [3.8, 4) is 11.3 Å². The Bertz CT molecular complexity index is 1910. The molecule has 3 N–H and O–H groups in total. The molecule has 3 aliphatic rings. The van der Waals surface area contributed by atoms with Crippen molar-refractivity contribution in [3.63, 3.8) is 0 Å². The first-order valence-electron chi connectivity index (χ1n) is 17.2. The Balaban J connectivity index is 1.21. The Morgan fingerprint density at radius 3 is 2.64 bits per heavy atom. The molecule has 1 aliphatic heterocycles. The van der Waals surface area contributed by atoms with Gasteiger partial charge in [-0.2, -0.15) is 18.2 Å². The number of aryl methyl sites for hydroxylation is 1. The number of aromatic nitrogens is 6. The quantitative estimate of drug-likeness (QED) is 0.152. The van der Waals surface area contributed by atoms with Gasteiger partial charge in [0.05, 0.1) is 29.2 Å². The van der Waals surface area contributed by atoms with Crippen LogP contribution in [0.15, 0.2) is 24.5 Å². The molecule has 0 bridgehead atoms. The number of carboxylic acids is 1. The normalized spacial score (nSPS) is 18.7. The van der Waals surface area contributed by atoms with E-state index < -0.39 is 23.6 Å². The second-order valence-electron chi connectivity index (χ2n) is 14.2.